The van der Waals surface area contributed by atoms with Gasteiger partial charge in [-0.05, 0) is 43.3 Å². The Kier molecular flexibility index (Phi) is 5.84. The zero-order valence-corrected chi connectivity index (χ0v) is 18.6. The quantitative estimate of drug-likeness (QED) is 0.464. The summed E-state index contributed by atoms with van der Waals surface area (Å²) < 4.78 is 7.80. The minimum atomic E-state index is -0.716. The van der Waals surface area contributed by atoms with Gasteiger partial charge in [0.25, 0.3) is 0 Å². The van der Waals surface area contributed by atoms with E-state index in [1.165, 1.54) is 0 Å². The normalized spacial score (nSPS) is 17.0. The Bertz CT molecular complexity index is 1250. The molecule has 0 unspecified atom stereocenters. The maximum absolute atomic E-state index is 12.9. The predicted molar refractivity (Wildman–Crippen MR) is 129 cm³/mol. The molecule has 0 radical (unpaired) electrons. The van der Waals surface area contributed by atoms with E-state index in [4.69, 9.17) is 9.72 Å². The molecule has 1 aliphatic rings. The first-order chi connectivity index (χ1) is 16.1. The lowest BCUT2D eigenvalue weighted by Gasteiger charge is -2.19. The van der Waals surface area contributed by atoms with Crippen LogP contribution in [0.5, 0.6) is 5.75 Å². The van der Waals surface area contributed by atoms with Crippen molar-refractivity contribution in [3.05, 3.63) is 90.3 Å². The molecule has 1 amide bonds. The summed E-state index contributed by atoms with van der Waals surface area (Å²) in [5.41, 5.74) is 3.89. The Hall–Kier alpha value is -3.64. The van der Waals surface area contributed by atoms with E-state index in [1.807, 2.05) is 95.3 Å². The molecule has 2 atom stereocenters. The van der Waals surface area contributed by atoms with Crippen LogP contribution in [0.1, 0.15) is 23.7 Å². The van der Waals surface area contributed by atoms with Gasteiger partial charge >= 0.3 is 0 Å². The molecule has 3 aromatic carbocycles. The Morgan fingerprint density at radius 1 is 1.03 bits per heavy atom. The number of ether oxygens (including phenoxy) is 1. The summed E-state index contributed by atoms with van der Waals surface area (Å²) in [5, 5.41) is 10.8. The number of amides is 1. The number of imidazole rings is 1. The van der Waals surface area contributed by atoms with E-state index in [0.29, 0.717) is 19.5 Å². The molecule has 1 aromatic heterocycles. The van der Waals surface area contributed by atoms with Crippen LogP contribution in [-0.4, -0.2) is 39.8 Å². The van der Waals surface area contributed by atoms with E-state index in [0.717, 1.165) is 33.9 Å². The minimum Gasteiger partial charge on any atom is -0.491 e. The highest BCUT2D eigenvalue weighted by molar-refractivity contribution is 5.96. The topological polar surface area (TPSA) is 67.6 Å². The summed E-state index contributed by atoms with van der Waals surface area (Å²) >= 11 is 0. The number of hydrogen-bond acceptors (Lipinski definition) is 4. The highest BCUT2D eigenvalue weighted by Gasteiger charge is 2.35. The number of aryl methyl sites for hydroxylation is 1. The molecule has 4 aromatic rings. The van der Waals surface area contributed by atoms with Gasteiger partial charge in [0.1, 0.15) is 24.3 Å². The van der Waals surface area contributed by atoms with Crippen molar-refractivity contribution >= 4 is 22.6 Å². The fourth-order valence-corrected chi connectivity index (χ4v) is 4.43. The van der Waals surface area contributed by atoms with Crippen LogP contribution in [-0.2, 0) is 11.3 Å². The van der Waals surface area contributed by atoms with Gasteiger partial charge in [-0.3, -0.25) is 4.79 Å². The molecule has 2 heterocycles. The first-order valence-corrected chi connectivity index (χ1v) is 11.3. The monoisotopic (exact) mass is 441 g/mol. The van der Waals surface area contributed by atoms with E-state index < -0.39 is 6.10 Å². The fourth-order valence-electron chi connectivity index (χ4n) is 4.43. The number of hydrogen-bond donors (Lipinski definition) is 1. The first-order valence-electron chi connectivity index (χ1n) is 11.3. The van der Waals surface area contributed by atoms with Crippen molar-refractivity contribution in [3.63, 3.8) is 0 Å². The summed E-state index contributed by atoms with van der Waals surface area (Å²) in [6, 6.07) is 25.4. The van der Waals surface area contributed by atoms with Crippen molar-refractivity contribution < 1.29 is 14.6 Å². The zero-order chi connectivity index (χ0) is 22.8. The van der Waals surface area contributed by atoms with Gasteiger partial charge in [0, 0.05) is 24.6 Å². The number of nitrogens with zero attached hydrogens (tertiary/aromatic N) is 3. The lowest BCUT2D eigenvalue weighted by atomic mass is 10.1. The van der Waals surface area contributed by atoms with E-state index in [-0.39, 0.29) is 18.4 Å². The molecular formula is C27H27N3O3. The van der Waals surface area contributed by atoms with Gasteiger partial charge < -0.3 is 19.3 Å². The predicted octanol–water partition coefficient (Wildman–Crippen LogP) is 4.31. The second-order valence-corrected chi connectivity index (χ2v) is 8.59. The summed E-state index contributed by atoms with van der Waals surface area (Å²) in [6.07, 6.45) is -0.319. The van der Waals surface area contributed by atoms with E-state index in [9.17, 15) is 9.90 Å². The van der Waals surface area contributed by atoms with Crippen LogP contribution in [0.2, 0.25) is 0 Å². The van der Waals surface area contributed by atoms with Crippen molar-refractivity contribution in [2.75, 3.05) is 18.1 Å². The molecule has 5 rings (SSSR count). The number of carbonyl (C=O) groups is 1. The molecule has 1 aliphatic heterocycles. The second-order valence-electron chi connectivity index (χ2n) is 8.59. The van der Waals surface area contributed by atoms with Crippen molar-refractivity contribution in [2.45, 2.75) is 31.9 Å². The molecule has 0 spiro atoms. The van der Waals surface area contributed by atoms with Gasteiger partial charge in [-0.1, -0.05) is 48.0 Å². The number of anilines is 1. The number of benzene rings is 3. The molecule has 0 bridgehead atoms. The summed E-state index contributed by atoms with van der Waals surface area (Å²) in [7, 11) is 0. The van der Waals surface area contributed by atoms with Gasteiger partial charge in [0.2, 0.25) is 5.91 Å². The number of aliphatic hydroxyl groups is 1. The first kappa shape index (κ1) is 21.2. The van der Waals surface area contributed by atoms with Gasteiger partial charge in [-0.15, -0.1) is 0 Å². The number of carbonyl (C=O) groups excluding carboxylic acids is 1. The van der Waals surface area contributed by atoms with Crippen LogP contribution in [0.25, 0.3) is 11.0 Å². The van der Waals surface area contributed by atoms with E-state index in [2.05, 4.69) is 0 Å². The van der Waals surface area contributed by atoms with Crippen LogP contribution in [0, 0.1) is 6.92 Å². The number of fused-ring (bicyclic) bond motifs is 1. The van der Waals surface area contributed by atoms with E-state index in [1.54, 1.807) is 0 Å². The molecule has 1 saturated heterocycles. The lowest BCUT2D eigenvalue weighted by Crippen LogP contribution is -2.26. The average molecular weight is 442 g/mol. The van der Waals surface area contributed by atoms with Gasteiger partial charge in [-0.25, -0.2) is 4.98 Å². The third-order valence-electron chi connectivity index (χ3n) is 6.10. The Labute approximate surface area is 193 Å². The molecule has 168 valence electrons. The molecular weight excluding hydrogens is 414 g/mol. The van der Waals surface area contributed by atoms with Crippen LogP contribution in [0.15, 0.2) is 78.9 Å². The van der Waals surface area contributed by atoms with Gasteiger partial charge in [0.05, 0.1) is 17.6 Å². The molecule has 0 saturated carbocycles. The summed E-state index contributed by atoms with van der Waals surface area (Å²) in [6.45, 7) is 3.13. The van der Waals surface area contributed by atoms with Crippen LogP contribution in [0.3, 0.4) is 0 Å². The minimum absolute atomic E-state index is 0.0477. The number of aromatic nitrogens is 2. The van der Waals surface area contributed by atoms with Crippen LogP contribution >= 0.6 is 0 Å². The lowest BCUT2D eigenvalue weighted by molar-refractivity contribution is -0.117. The number of rotatable bonds is 7. The largest absolute Gasteiger partial charge is 0.491 e. The molecule has 0 aliphatic carbocycles. The van der Waals surface area contributed by atoms with Crippen molar-refractivity contribution in [1.29, 1.82) is 0 Å². The van der Waals surface area contributed by atoms with Gasteiger partial charge in [0.15, 0.2) is 0 Å². The zero-order valence-electron chi connectivity index (χ0n) is 18.6. The maximum Gasteiger partial charge on any atom is 0.227 e. The van der Waals surface area contributed by atoms with Crippen molar-refractivity contribution in [1.82, 2.24) is 9.55 Å². The molecule has 33 heavy (non-hydrogen) atoms. The molecule has 6 nitrogen and oxygen atoms in total. The van der Waals surface area contributed by atoms with Crippen molar-refractivity contribution in [3.8, 4) is 5.75 Å². The van der Waals surface area contributed by atoms with Crippen molar-refractivity contribution in [2.24, 2.45) is 0 Å². The number of para-hydroxylation sites is 3. The Morgan fingerprint density at radius 2 is 1.76 bits per heavy atom. The molecule has 1 N–H and O–H groups in total. The Balaban J connectivity index is 1.38. The van der Waals surface area contributed by atoms with Crippen LogP contribution in [0.4, 0.5) is 5.69 Å². The summed E-state index contributed by atoms with van der Waals surface area (Å²) in [5.74, 6) is 1.60. The standard InChI is InChI=1S/C27H27N3O3/c1-19-11-13-21(14-12-19)29-16-20(15-26(29)32)27-28-24-9-5-6-10-25(24)30(27)17-22(31)18-33-23-7-3-2-4-8-23/h2-14,20,22,31H,15-18H2,1H3/t20-,22+/m0/s1. The maximum atomic E-state index is 12.9. The fraction of sp³-hybridized carbons (Fsp3) is 0.259. The number of aliphatic hydroxyl groups excluding tert-OH is 1. The van der Waals surface area contributed by atoms with Gasteiger partial charge in [-0.2, -0.15) is 0 Å². The Morgan fingerprint density at radius 3 is 2.55 bits per heavy atom. The highest BCUT2D eigenvalue weighted by atomic mass is 16.5. The molecule has 1 fully saturated rings. The van der Waals surface area contributed by atoms with Crippen LogP contribution < -0.4 is 9.64 Å². The highest BCUT2D eigenvalue weighted by Crippen LogP contribution is 2.33. The smallest absolute Gasteiger partial charge is 0.227 e. The third kappa shape index (κ3) is 4.47. The second kappa shape index (κ2) is 9.08. The third-order valence-corrected chi connectivity index (χ3v) is 6.10. The SMILES string of the molecule is Cc1ccc(N2C[C@@H](c3nc4ccccc4n3C[C@@H](O)COc3ccccc3)CC2=O)cc1. The molecule has 6 heteroatoms. The summed E-state index contributed by atoms with van der Waals surface area (Å²) in [4.78, 5) is 19.6. The average Bonchev–Trinajstić information content (AvgIpc) is 3.39. The van der Waals surface area contributed by atoms with E-state index >= 15 is 0 Å².